The highest BCUT2D eigenvalue weighted by molar-refractivity contribution is 7.99. The molecule has 1 aromatic carbocycles. The molecule has 7 nitrogen and oxygen atoms in total. The molecule has 1 aliphatic carbocycles. The fourth-order valence-electron chi connectivity index (χ4n) is 3.71. The molecule has 0 bridgehead atoms. The summed E-state index contributed by atoms with van der Waals surface area (Å²) in [4.78, 5) is 27.2. The molecule has 2 heterocycles. The van der Waals surface area contributed by atoms with Crippen LogP contribution < -0.4 is 5.56 Å². The van der Waals surface area contributed by atoms with Crippen molar-refractivity contribution in [3.63, 3.8) is 0 Å². The van der Waals surface area contributed by atoms with E-state index in [-0.39, 0.29) is 17.2 Å². The molecule has 2 aromatic heterocycles. The number of benzene rings is 1. The van der Waals surface area contributed by atoms with Gasteiger partial charge in [-0.05, 0) is 44.7 Å². The predicted octanol–water partition coefficient (Wildman–Crippen LogP) is 2.98. The fourth-order valence-corrected chi connectivity index (χ4v) is 4.53. The van der Waals surface area contributed by atoms with Crippen LogP contribution in [-0.4, -0.2) is 42.3 Å². The van der Waals surface area contributed by atoms with Crippen molar-refractivity contribution in [2.75, 3.05) is 12.3 Å². The fraction of sp³-hybridized carbons (Fsp3) is 0.400. The van der Waals surface area contributed by atoms with E-state index in [1.54, 1.807) is 13.1 Å². The zero-order valence-electron chi connectivity index (χ0n) is 16.1. The lowest BCUT2D eigenvalue weighted by molar-refractivity contribution is -0.126. The van der Waals surface area contributed by atoms with Crippen molar-refractivity contribution in [2.45, 2.75) is 37.8 Å². The molecule has 0 spiro atoms. The Hall–Kier alpha value is -2.61. The highest BCUT2D eigenvalue weighted by Crippen LogP contribution is 2.24. The third-order valence-electron chi connectivity index (χ3n) is 5.15. The lowest BCUT2D eigenvalue weighted by Gasteiger charge is -2.26. The molecule has 0 unspecified atom stereocenters. The zero-order valence-corrected chi connectivity index (χ0v) is 16.9. The maximum Gasteiger partial charge on any atom is 0.262 e. The summed E-state index contributed by atoms with van der Waals surface area (Å²) in [5.41, 5.74) is 1.78. The largest absolute Gasteiger partial charge is 0.316 e. The van der Waals surface area contributed by atoms with E-state index in [4.69, 9.17) is 0 Å². The first kappa shape index (κ1) is 18.7. The van der Waals surface area contributed by atoms with E-state index in [0.29, 0.717) is 22.9 Å². The van der Waals surface area contributed by atoms with Crippen molar-refractivity contribution in [1.82, 2.24) is 24.1 Å². The van der Waals surface area contributed by atoms with E-state index in [1.165, 1.54) is 22.7 Å². The minimum atomic E-state index is -0.107. The molecule has 1 amide bonds. The van der Waals surface area contributed by atoms with Crippen LogP contribution >= 0.6 is 11.8 Å². The van der Waals surface area contributed by atoms with Gasteiger partial charge >= 0.3 is 0 Å². The summed E-state index contributed by atoms with van der Waals surface area (Å²) in [5.74, 6) is 0.830. The lowest BCUT2D eigenvalue weighted by Crippen LogP contribution is -2.32. The first-order chi connectivity index (χ1) is 13.6. The van der Waals surface area contributed by atoms with Crippen LogP contribution in [0, 0.1) is 0 Å². The topological polar surface area (TPSA) is 72.5 Å². The molecule has 4 rings (SSSR count). The second kappa shape index (κ2) is 7.79. The molecule has 146 valence electrons. The number of hydrogen-bond donors (Lipinski definition) is 0. The molecule has 8 heteroatoms. The lowest BCUT2D eigenvalue weighted by atomic mass is 10.0. The molecule has 1 aliphatic rings. The SMILES string of the molecule is CCN(C(=O)CSc1nnc2n(C)c(=O)c3ccccc3n12)C1=CCCCC1. The maximum absolute atomic E-state index is 12.8. The van der Waals surface area contributed by atoms with Crippen LogP contribution in [-0.2, 0) is 11.8 Å². The Morgan fingerprint density at radius 1 is 1.25 bits per heavy atom. The molecule has 0 saturated heterocycles. The maximum atomic E-state index is 12.8. The van der Waals surface area contributed by atoms with E-state index in [9.17, 15) is 9.59 Å². The summed E-state index contributed by atoms with van der Waals surface area (Å²) in [5, 5.41) is 9.65. The van der Waals surface area contributed by atoms with Crippen LogP contribution in [0.15, 0.2) is 46.0 Å². The molecule has 0 N–H and O–H groups in total. The van der Waals surface area contributed by atoms with Crippen LogP contribution in [0.1, 0.15) is 32.6 Å². The number of para-hydroxylation sites is 1. The van der Waals surface area contributed by atoms with Crippen LogP contribution in [0.25, 0.3) is 16.7 Å². The summed E-state index contributed by atoms with van der Waals surface area (Å²) < 4.78 is 3.34. The number of amides is 1. The van der Waals surface area contributed by atoms with Crippen molar-refractivity contribution in [3.8, 4) is 0 Å². The molecule has 0 saturated carbocycles. The van der Waals surface area contributed by atoms with Gasteiger partial charge in [-0.15, -0.1) is 10.2 Å². The second-order valence-corrected chi connectivity index (χ2v) is 7.81. The number of allylic oxidation sites excluding steroid dienone is 2. The van der Waals surface area contributed by atoms with Gasteiger partial charge in [0.2, 0.25) is 11.7 Å². The number of nitrogens with zero attached hydrogens (tertiary/aromatic N) is 5. The van der Waals surface area contributed by atoms with Crippen molar-refractivity contribution < 1.29 is 4.79 Å². The molecular weight excluding hydrogens is 374 g/mol. The quantitative estimate of drug-likeness (QED) is 0.619. The third-order valence-corrected chi connectivity index (χ3v) is 6.07. The van der Waals surface area contributed by atoms with Gasteiger partial charge in [0.25, 0.3) is 5.56 Å². The summed E-state index contributed by atoms with van der Waals surface area (Å²) in [6.07, 6.45) is 6.52. The Labute approximate surface area is 167 Å². The predicted molar refractivity (Wildman–Crippen MR) is 110 cm³/mol. The number of fused-ring (bicyclic) bond motifs is 3. The average Bonchev–Trinajstić information content (AvgIpc) is 3.16. The zero-order chi connectivity index (χ0) is 19.7. The molecular formula is C20H23N5O2S. The van der Waals surface area contributed by atoms with Crippen molar-refractivity contribution in [2.24, 2.45) is 7.05 Å². The van der Waals surface area contributed by atoms with Gasteiger partial charge in [-0.3, -0.25) is 18.6 Å². The van der Waals surface area contributed by atoms with Crippen molar-refractivity contribution in [1.29, 1.82) is 0 Å². The highest BCUT2D eigenvalue weighted by atomic mass is 32.2. The van der Waals surface area contributed by atoms with Gasteiger partial charge in [0.05, 0.1) is 16.7 Å². The number of carbonyl (C=O) groups excluding carboxylic acids is 1. The summed E-state index contributed by atoms with van der Waals surface area (Å²) in [6, 6.07) is 7.40. The van der Waals surface area contributed by atoms with Crippen LogP contribution in [0.4, 0.5) is 0 Å². The third kappa shape index (κ3) is 3.22. The van der Waals surface area contributed by atoms with Crippen LogP contribution in [0.2, 0.25) is 0 Å². The normalized spacial score (nSPS) is 14.4. The molecule has 0 fully saturated rings. The van der Waals surface area contributed by atoms with E-state index in [0.717, 1.165) is 30.5 Å². The first-order valence-electron chi connectivity index (χ1n) is 9.57. The Morgan fingerprint density at radius 3 is 2.82 bits per heavy atom. The summed E-state index contributed by atoms with van der Waals surface area (Å²) in [6.45, 7) is 2.68. The second-order valence-electron chi connectivity index (χ2n) is 6.87. The number of rotatable bonds is 5. The number of aryl methyl sites for hydroxylation is 1. The Balaban J connectivity index is 1.64. The van der Waals surface area contributed by atoms with E-state index in [2.05, 4.69) is 16.3 Å². The smallest absolute Gasteiger partial charge is 0.262 e. The summed E-state index contributed by atoms with van der Waals surface area (Å²) >= 11 is 1.36. The van der Waals surface area contributed by atoms with Crippen LogP contribution in [0.3, 0.4) is 0 Å². The standard InChI is InChI=1S/C20H23N5O2S/c1-3-24(14-9-5-4-6-10-14)17(26)13-28-20-22-21-19-23(2)18(27)15-11-7-8-12-16(15)25(19)20/h7-9,11-12H,3-6,10,13H2,1-2H3. The van der Waals surface area contributed by atoms with Crippen molar-refractivity contribution in [3.05, 3.63) is 46.4 Å². The van der Waals surface area contributed by atoms with Gasteiger partial charge in [0, 0.05) is 19.3 Å². The van der Waals surface area contributed by atoms with Gasteiger partial charge in [0.1, 0.15) is 0 Å². The van der Waals surface area contributed by atoms with E-state index in [1.807, 2.05) is 34.4 Å². The van der Waals surface area contributed by atoms with Gasteiger partial charge in [0.15, 0.2) is 5.16 Å². The number of carbonyl (C=O) groups is 1. The minimum absolute atomic E-state index is 0.0755. The van der Waals surface area contributed by atoms with Gasteiger partial charge in [-0.2, -0.15) is 0 Å². The van der Waals surface area contributed by atoms with E-state index >= 15 is 0 Å². The van der Waals surface area contributed by atoms with Gasteiger partial charge in [-0.1, -0.05) is 30.0 Å². The first-order valence-corrected chi connectivity index (χ1v) is 10.6. The van der Waals surface area contributed by atoms with Gasteiger partial charge < -0.3 is 4.90 Å². The molecule has 0 atom stereocenters. The Kier molecular flexibility index (Phi) is 5.21. The van der Waals surface area contributed by atoms with Crippen molar-refractivity contribution >= 4 is 34.3 Å². The minimum Gasteiger partial charge on any atom is -0.316 e. The Morgan fingerprint density at radius 2 is 2.07 bits per heavy atom. The number of hydrogen-bond acceptors (Lipinski definition) is 5. The monoisotopic (exact) mass is 397 g/mol. The molecule has 28 heavy (non-hydrogen) atoms. The van der Waals surface area contributed by atoms with Gasteiger partial charge in [-0.25, -0.2) is 0 Å². The average molecular weight is 398 g/mol. The number of thioether (sulfide) groups is 1. The van der Waals surface area contributed by atoms with E-state index < -0.39 is 0 Å². The summed E-state index contributed by atoms with van der Waals surface area (Å²) in [7, 11) is 1.69. The molecule has 0 aliphatic heterocycles. The molecule has 0 radical (unpaired) electrons. The van der Waals surface area contributed by atoms with Crippen LogP contribution in [0.5, 0.6) is 0 Å². The molecule has 3 aromatic rings. The Bertz CT molecular complexity index is 1130. The highest BCUT2D eigenvalue weighted by Gasteiger charge is 2.20. The number of aromatic nitrogens is 4.